The van der Waals surface area contributed by atoms with Gasteiger partial charge in [-0.05, 0) is 26.0 Å². The van der Waals surface area contributed by atoms with Gasteiger partial charge in [-0.3, -0.25) is 0 Å². The molecule has 7 nitrogen and oxygen atoms in total. The van der Waals surface area contributed by atoms with Gasteiger partial charge in [0, 0.05) is 18.8 Å². The Labute approximate surface area is 156 Å². The zero-order valence-electron chi connectivity index (χ0n) is 15.1. The van der Waals surface area contributed by atoms with Crippen LogP contribution in [-0.4, -0.2) is 46.5 Å². The number of aromatic hydroxyl groups is 1. The van der Waals surface area contributed by atoms with Gasteiger partial charge in [-0.1, -0.05) is 18.2 Å². The Bertz CT molecular complexity index is 757. The minimum absolute atomic E-state index is 0.00951. The molecule has 0 heterocycles. The summed E-state index contributed by atoms with van der Waals surface area (Å²) in [5.74, 6) is -1.01. The van der Waals surface area contributed by atoms with Gasteiger partial charge >= 0.3 is 88.1 Å². The van der Waals surface area contributed by atoms with E-state index in [2.05, 4.69) is 48.3 Å². The third-order valence-corrected chi connectivity index (χ3v) is 5.60. The predicted octanol–water partition coefficient (Wildman–Crippen LogP) is 1.44. The molecular formula is C18H25AsN2O5. The summed E-state index contributed by atoms with van der Waals surface area (Å²) in [6, 6.07) is 14.3. The molecule has 4 N–H and O–H groups in total. The third kappa shape index (κ3) is 6.59. The monoisotopic (exact) mass is 424 g/mol. The average Bonchev–Trinajstić information content (AvgIpc) is 2.58. The van der Waals surface area contributed by atoms with Crippen LogP contribution in [0.2, 0.25) is 0 Å². The van der Waals surface area contributed by atoms with Gasteiger partial charge in [-0.15, -0.1) is 0 Å². The number of hydrogen-bond acceptors (Lipinski definition) is 4. The van der Waals surface area contributed by atoms with Gasteiger partial charge in [-0.2, -0.15) is 0 Å². The Morgan fingerprint density at radius 2 is 1.62 bits per heavy atom. The maximum absolute atomic E-state index is 11.0. The zero-order chi connectivity index (χ0) is 19.7. The summed E-state index contributed by atoms with van der Waals surface area (Å²) in [5, 5.41) is 11.7. The molecule has 2 aromatic rings. The molecule has 26 heavy (non-hydrogen) atoms. The number of phenols is 1. The number of carbonyl (C=O) groups is 1. The van der Waals surface area contributed by atoms with Crippen molar-refractivity contribution in [3.8, 4) is 5.75 Å². The Morgan fingerprint density at radius 1 is 1.04 bits per heavy atom. The van der Waals surface area contributed by atoms with Crippen molar-refractivity contribution in [2.75, 3.05) is 23.3 Å². The largest absolute Gasteiger partial charge is 0.372 e. The molecule has 142 valence electrons. The predicted molar refractivity (Wildman–Crippen MR) is 103 cm³/mol. The van der Waals surface area contributed by atoms with Crippen LogP contribution >= 0.6 is 0 Å². The topological polar surface area (TPSA) is 110 Å². The first-order chi connectivity index (χ1) is 12.2. The number of phenolic OH excluding ortho intramolecular Hbond substituents is 1. The summed E-state index contributed by atoms with van der Waals surface area (Å²) >= 11 is -5.15. The molecule has 0 aliphatic rings. The van der Waals surface area contributed by atoms with Crippen LogP contribution in [0.3, 0.4) is 0 Å². The van der Waals surface area contributed by atoms with Crippen LogP contribution in [0, 0.1) is 0 Å². The molecule has 0 bridgehead atoms. The molecule has 0 aliphatic heterocycles. The van der Waals surface area contributed by atoms with Gasteiger partial charge in [-0.25, -0.2) is 0 Å². The fourth-order valence-corrected chi connectivity index (χ4v) is 3.70. The van der Waals surface area contributed by atoms with Crippen LogP contribution in [-0.2, 0) is 8.53 Å². The number of carbonyl (C=O) groups excluding carboxylic acids is 1. The summed E-state index contributed by atoms with van der Waals surface area (Å²) in [5.41, 5.74) is 1.31. The van der Waals surface area contributed by atoms with E-state index in [9.17, 15) is 13.6 Å². The summed E-state index contributed by atoms with van der Waals surface area (Å²) in [7, 11) is 0. The summed E-state index contributed by atoms with van der Waals surface area (Å²) in [6.45, 7) is 7.75. The molecule has 0 saturated carbocycles. The Balaban J connectivity index is 0.000000273. The van der Waals surface area contributed by atoms with E-state index in [0.717, 1.165) is 19.2 Å². The van der Waals surface area contributed by atoms with Crippen molar-refractivity contribution in [2.24, 2.45) is 0 Å². The van der Waals surface area contributed by atoms with E-state index in [1.807, 2.05) is 6.07 Å². The van der Waals surface area contributed by atoms with Gasteiger partial charge < -0.3 is 4.90 Å². The van der Waals surface area contributed by atoms with Crippen molar-refractivity contribution in [1.82, 2.24) is 0 Å². The minimum Gasteiger partial charge on any atom is -0.372 e. The number of rotatable bonds is 5. The van der Waals surface area contributed by atoms with Gasteiger partial charge in [0.1, 0.15) is 0 Å². The average molecular weight is 424 g/mol. The van der Waals surface area contributed by atoms with Crippen LogP contribution in [0.1, 0.15) is 20.8 Å². The SMILES string of the molecule is CC(=O)Nc1cccc([As](=O)(O)O)c1O.CCN(CC)c1ccccc1. The molecule has 0 fully saturated rings. The molecule has 8 heteroatoms. The Kier molecular flexibility index (Phi) is 8.45. The van der Waals surface area contributed by atoms with Crippen LogP contribution in [0.4, 0.5) is 11.4 Å². The van der Waals surface area contributed by atoms with Crippen molar-refractivity contribution in [2.45, 2.75) is 20.8 Å². The van der Waals surface area contributed by atoms with Gasteiger partial charge in [0.25, 0.3) is 0 Å². The van der Waals surface area contributed by atoms with Crippen LogP contribution in [0.15, 0.2) is 48.5 Å². The fraction of sp³-hybridized carbons (Fsp3) is 0.278. The van der Waals surface area contributed by atoms with Crippen molar-refractivity contribution < 1.29 is 21.8 Å². The maximum atomic E-state index is 11.0. The Morgan fingerprint density at radius 3 is 2.08 bits per heavy atom. The molecule has 2 rings (SSSR count). The van der Waals surface area contributed by atoms with E-state index < -0.39 is 30.2 Å². The molecule has 0 radical (unpaired) electrons. The number of para-hydroxylation sites is 2. The first kappa shape index (κ1) is 21.8. The van der Waals surface area contributed by atoms with E-state index in [1.165, 1.54) is 24.7 Å². The molecule has 2 aromatic carbocycles. The zero-order valence-corrected chi connectivity index (χ0v) is 17.0. The summed E-state index contributed by atoms with van der Waals surface area (Å²) in [6.07, 6.45) is 0. The van der Waals surface area contributed by atoms with Crippen molar-refractivity contribution in [1.29, 1.82) is 0 Å². The molecule has 0 saturated heterocycles. The number of anilines is 2. The summed E-state index contributed by atoms with van der Waals surface area (Å²) in [4.78, 5) is 13.0. The molecule has 0 atom stereocenters. The van der Waals surface area contributed by atoms with E-state index in [4.69, 9.17) is 8.19 Å². The second-order valence-electron chi connectivity index (χ2n) is 5.41. The quantitative estimate of drug-likeness (QED) is 0.427. The van der Waals surface area contributed by atoms with E-state index in [-0.39, 0.29) is 5.69 Å². The minimum atomic E-state index is -5.15. The Hall–Kier alpha value is -2.21. The van der Waals surface area contributed by atoms with Crippen molar-refractivity contribution >= 4 is 35.8 Å². The maximum Gasteiger partial charge on any atom is 0.0365 e. The molecule has 0 unspecified atom stereocenters. The number of nitrogens with zero attached hydrogens (tertiary/aromatic N) is 1. The molecule has 0 spiro atoms. The molecular weight excluding hydrogens is 399 g/mol. The molecule has 0 aliphatic carbocycles. The number of amides is 1. The van der Waals surface area contributed by atoms with Gasteiger partial charge in [0.2, 0.25) is 0 Å². The van der Waals surface area contributed by atoms with Crippen molar-refractivity contribution in [3.05, 3.63) is 48.5 Å². The van der Waals surface area contributed by atoms with Crippen molar-refractivity contribution in [3.63, 3.8) is 0 Å². The molecule has 1 amide bonds. The number of benzene rings is 2. The van der Waals surface area contributed by atoms with Gasteiger partial charge in [0.15, 0.2) is 0 Å². The smallest absolute Gasteiger partial charge is 0.0365 e. The first-order valence-electron chi connectivity index (χ1n) is 8.16. The van der Waals surface area contributed by atoms with Crippen LogP contribution in [0.5, 0.6) is 5.75 Å². The number of hydrogen-bond donors (Lipinski definition) is 4. The van der Waals surface area contributed by atoms with Crippen LogP contribution in [0.25, 0.3) is 0 Å². The second kappa shape index (κ2) is 10.1. The normalized spacial score (nSPS) is 10.5. The van der Waals surface area contributed by atoms with Gasteiger partial charge in [0.05, 0.1) is 0 Å². The van der Waals surface area contributed by atoms with E-state index in [1.54, 1.807) is 0 Å². The second-order valence-corrected chi connectivity index (χ2v) is 8.70. The van der Waals surface area contributed by atoms with E-state index in [0.29, 0.717) is 0 Å². The summed E-state index contributed by atoms with van der Waals surface area (Å²) < 4.78 is 28.4. The number of nitrogens with one attached hydrogen (secondary N) is 1. The molecule has 0 aromatic heterocycles. The first-order valence-corrected chi connectivity index (χ1v) is 11.5. The fourth-order valence-electron chi connectivity index (χ4n) is 2.28. The van der Waals surface area contributed by atoms with E-state index >= 15 is 0 Å². The third-order valence-electron chi connectivity index (χ3n) is 3.52. The van der Waals surface area contributed by atoms with Crippen LogP contribution < -0.4 is 14.6 Å². The standard InChI is InChI=1S/C10H15N.C8H10AsNO5/c1-3-11(4-2)10-8-6-5-7-9-10;1-5(11)10-7-4-2-3-6(8(7)12)9(13,14)15/h5-9H,3-4H2,1-2H3;2-4,12H,1H3,(H,10,11)(H2,13,14,15).